The van der Waals surface area contributed by atoms with Gasteiger partial charge in [0.1, 0.15) is 11.6 Å². The molecule has 0 spiro atoms. The number of hydrogen-bond donors (Lipinski definition) is 1. The zero-order valence-corrected chi connectivity index (χ0v) is 13.0. The van der Waals surface area contributed by atoms with Crippen LogP contribution >= 0.6 is 0 Å². The van der Waals surface area contributed by atoms with Gasteiger partial charge in [-0.25, -0.2) is 17.2 Å². The summed E-state index contributed by atoms with van der Waals surface area (Å²) in [7, 11) is -3.38. The molecule has 1 atom stereocenters. The molecule has 122 valence electrons. The van der Waals surface area contributed by atoms with Gasteiger partial charge in [-0.3, -0.25) is 4.79 Å². The normalized spacial score (nSPS) is 12.8. The number of hydrogen-bond acceptors (Lipinski definition) is 3. The summed E-state index contributed by atoms with van der Waals surface area (Å²) >= 11 is 0. The van der Waals surface area contributed by atoms with E-state index in [1.165, 1.54) is 24.3 Å². The van der Waals surface area contributed by atoms with E-state index in [-0.39, 0.29) is 16.9 Å². The van der Waals surface area contributed by atoms with Crippen LogP contribution in [-0.4, -0.2) is 25.7 Å². The number of carboxylic acid groups (broad SMARTS) is 1. The van der Waals surface area contributed by atoms with Gasteiger partial charge in [0.2, 0.25) is 0 Å². The van der Waals surface area contributed by atoms with Gasteiger partial charge in [-0.05, 0) is 35.4 Å². The molecule has 0 saturated heterocycles. The van der Waals surface area contributed by atoms with Crippen LogP contribution in [0.5, 0.6) is 0 Å². The van der Waals surface area contributed by atoms with Crippen LogP contribution in [0.1, 0.15) is 23.5 Å². The number of benzene rings is 2. The van der Waals surface area contributed by atoms with Crippen LogP contribution in [0, 0.1) is 11.6 Å². The van der Waals surface area contributed by atoms with Crippen LogP contribution in [0.3, 0.4) is 0 Å². The minimum Gasteiger partial charge on any atom is -0.481 e. The first-order valence-corrected chi connectivity index (χ1v) is 8.54. The van der Waals surface area contributed by atoms with E-state index in [1.54, 1.807) is 0 Å². The molecular formula is C16H14F2O4S. The molecule has 0 amide bonds. The van der Waals surface area contributed by atoms with E-state index < -0.39 is 33.4 Å². The van der Waals surface area contributed by atoms with Crippen molar-refractivity contribution in [3.63, 3.8) is 0 Å². The molecule has 0 aliphatic rings. The summed E-state index contributed by atoms with van der Waals surface area (Å²) in [6.45, 7) is 0. The molecule has 0 bridgehead atoms. The summed E-state index contributed by atoms with van der Waals surface area (Å²) < 4.78 is 49.7. The maximum absolute atomic E-state index is 13.4. The molecule has 1 N–H and O–H groups in total. The highest BCUT2D eigenvalue weighted by molar-refractivity contribution is 7.90. The van der Waals surface area contributed by atoms with E-state index in [0.717, 1.165) is 18.4 Å². The second-order valence-corrected chi connectivity index (χ2v) is 7.21. The standard InChI is InChI=1S/C16H14F2O4S/c1-23(21,22)14-4-2-10(3-5-14)15(9-16(19)20)11-6-12(17)8-13(18)7-11/h2-8,15H,9H2,1H3,(H,19,20). The molecule has 1 unspecified atom stereocenters. The maximum atomic E-state index is 13.4. The van der Waals surface area contributed by atoms with Gasteiger partial charge in [-0.2, -0.15) is 0 Å². The Morgan fingerprint density at radius 2 is 1.57 bits per heavy atom. The Hall–Kier alpha value is -2.28. The van der Waals surface area contributed by atoms with E-state index in [0.29, 0.717) is 11.6 Å². The number of sulfone groups is 1. The lowest BCUT2D eigenvalue weighted by atomic mass is 9.88. The minimum absolute atomic E-state index is 0.0840. The third-order valence-electron chi connectivity index (χ3n) is 3.38. The molecular weight excluding hydrogens is 326 g/mol. The Morgan fingerprint density at radius 1 is 1.04 bits per heavy atom. The smallest absolute Gasteiger partial charge is 0.304 e. The fraction of sp³-hybridized carbons (Fsp3) is 0.188. The molecule has 0 aromatic heterocycles. The first-order chi connectivity index (χ1) is 10.7. The Labute approximate surface area is 132 Å². The predicted octanol–water partition coefficient (Wildman–Crippen LogP) is 2.97. The first kappa shape index (κ1) is 17.1. The third kappa shape index (κ3) is 4.35. The van der Waals surface area contributed by atoms with Crippen molar-refractivity contribution in [1.82, 2.24) is 0 Å². The Kier molecular flexibility index (Phi) is 4.79. The lowest BCUT2D eigenvalue weighted by Gasteiger charge is -2.16. The first-order valence-electron chi connectivity index (χ1n) is 6.64. The molecule has 0 heterocycles. The molecule has 0 aliphatic heterocycles. The van der Waals surface area contributed by atoms with Crippen LogP contribution in [0.15, 0.2) is 47.4 Å². The molecule has 2 aromatic carbocycles. The second-order valence-electron chi connectivity index (χ2n) is 5.19. The lowest BCUT2D eigenvalue weighted by molar-refractivity contribution is -0.137. The van der Waals surface area contributed by atoms with Gasteiger partial charge >= 0.3 is 5.97 Å². The van der Waals surface area contributed by atoms with Gasteiger partial charge < -0.3 is 5.11 Å². The van der Waals surface area contributed by atoms with E-state index >= 15 is 0 Å². The number of aliphatic carboxylic acids is 1. The maximum Gasteiger partial charge on any atom is 0.304 e. The number of carboxylic acids is 1. The molecule has 7 heteroatoms. The third-order valence-corrected chi connectivity index (χ3v) is 4.51. The number of rotatable bonds is 5. The summed E-state index contributed by atoms with van der Waals surface area (Å²) in [5, 5.41) is 9.05. The van der Waals surface area contributed by atoms with E-state index in [1.807, 2.05) is 0 Å². The molecule has 0 radical (unpaired) electrons. The van der Waals surface area contributed by atoms with Crippen molar-refractivity contribution in [3.8, 4) is 0 Å². The molecule has 0 saturated carbocycles. The Balaban J connectivity index is 2.48. The largest absolute Gasteiger partial charge is 0.481 e. The highest BCUT2D eigenvalue weighted by Crippen LogP contribution is 2.30. The summed E-state index contributed by atoms with van der Waals surface area (Å²) in [6, 6.07) is 8.43. The Morgan fingerprint density at radius 3 is 2.00 bits per heavy atom. The molecule has 23 heavy (non-hydrogen) atoms. The number of carbonyl (C=O) groups is 1. The van der Waals surface area contributed by atoms with Crippen molar-refractivity contribution < 1.29 is 27.1 Å². The quantitative estimate of drug-likeness (QED) is 0.908. The summed E-state index contributed by atoms with van der Waals surface area (Å²) in [5.74, 6) is -3.52. The zero-order valence-electron chi connectivity index (χ0n) is 12.2. The average molecular weight is 340 g/mol. The van der Waals surface area contributed by atoms with Gasteiger partial charge in [-0.1, -0.05) is 12.1 Å². The summed E-state index contributed by atoms with van der Waals surface area (Å²) in [5.41, 5.74) is 0.641. The van der Waals surface area contributed by atoms with Gasteiger partial charge in [0.05, 0.1) is 11.3 Å². The van der Waals surface area contributed by atoms with E-state index in [2.05, 4.69) is 0 Å². The minimum atomic E-state index is -3.38. The van der Waals surface area contributed by atoms with Crippen molar-refractivity contribution in [2.45, 2.75) is 17.2 Å². The molecule has 2 rings (SSSR count). The van der Waals surface area contributed by atoms with Gasteiger partial charge in [0.15, 0.2) is 9.84 Å². The van der Waals surface area contributed by atoms with E-state index in [4.69, 9.17) is 5.11 Å². The van der Waals surface area contributed by atoms with Crippen LogP contribution in [0.2, 0.25) is 0 Å². The highest BCUT2D eigenvalue weighted by atomic mass is 32.2. The molecule has 4 nitrogen and oxygen atoms in total. The highest BCUT2D eigenvalue weighted by Gasteiger charge is 2.20. The van der Waals surface area contributed by atoms with Crippen molar-refractivity contribution in [3.05, 3.63) is 65.2 Å². The van der Waals surface area contributed by atoms with Crippen molar-refractivity contribution >= 4 is 15.8 Å². The number of halogens is 2. The van der Waals surface area contributed by atoms with Gasteiger partial charge in [0, 0.05) is 18.2 Å². The van der Waals surface area contributed by atoms with E-state index in [9.17, 15) is 22.0 Å². The average Bonchev–Trinajstić information content (AvgIpc) is 2.42. The zero-order chi connectivity index (χ0) is 17.2. The predicted molar refractivity (Wildman–Crippen MR) is 80.0 cm³/mol. The molecule has 0 aliphatic carbocycles. The van der Waals surface area contributed by atoms with Crippen molar-refractivity contribution in [2.75, 3.05) is 6.26 Å². The monoisotopic (exact) mass is 340 g/mol. The topological polar surface area (TPSA) is 71.4 Å². The van der Waals surface area contributed by atoms with Crippen molar-refractivity contribution in [2.24, 2.45) is 0 Å². The SMILES string of the molecule is CS(=O)(=O)c1ccc(C(CC(=O)O)c2cc(F)cc(F)c2)cc1. The Bertz CT molecular complexity index is 809. The van der Waals surface area contributed by atoms with Crippen LogP contribution in [-0.2, 0) is 14.6 Å². The van der Waals surface area contributed by atoms with Crippen LogP contribution in [0.4, 0.5) is 8.78 Å². The molecule has 0 fully saturated rings. The second kappa shape index (κ2) is 6.45. The van der Waals surface area contributed by atoms with Gasteiger partial charge in [0.25, 0.3) is 0 Å². The molecule has 2 aromatic rings. The van der Waals surface area contributed by atoms with Crippen LogP contribution in [0.25, 0.3) is 0 Å². The van der Waals surface area contributed by atoms with Gasteiger partial charge in [-0.15, -0.1) is 0 Å². The lowest BCUT2D eigenvalue weighted by Crippen LogP contribution is -2.09. The summed E-state index contributed by atoms with van der Waals surface area (Å²) in [6.07, 6.45) is 0.680. The fourth-order valence-electron chi connectivity index (χ4n) is 2.33. The summed E-state index contributed by atoms with van der Waals surface area (Å²) in [4.78, 5) is 11.2. The van der Waals surface area contributed by atoms with Crippen LogP contribution < -0.4 is 0 Å². The van der Waals surface area contributed by atoms with Crippen molar-refractivity contribution in [1.29, 1.82) is 0 Å². The fourth-order valence-corrected chi connectivity index (χ4v) is 2.96.